The van der Waals surface area contributed by atoms with Gasteiger partial charge in [-0.15, -0.1) is 0 Å². The third-order valence-corrected chi connectivity index (χ3v) is 4.39. The molecule has 2 nitrogen and oxygen atoms in total. The molecule has 0 radical (unpaired) electrons. The lowest BCUT2D eigenvalue weighted by Gasteiger charge is -2.43. The number of hydrogen-bond donors (Lipinski definition) is 2. The van der Waals surface area contributed by atoms with E-state index in [9.17, 15) is 5.11 Å². The fourth-order valence-corrected chi connectivity index (χ4v) is 3.57. The summed E-state index contributed by atoms with van der Waals surface area (Å²) in [4.78, 5) is 0. The average Bonchev–Trinajstić information content (AvgIpc) is 2.36. The lowest BCUT2D eigenvalue weighted by Crippen LogP contribution is -2.44. The van der Waals surface area contributed by atoms with Gasteiger partial charge in [-0.1, -0.05) is 37.1 Å². The van der Waals surface area contributed by atoms with Crippen molar-refractivity contribution in [3.05, 3.63) is 35.4 Å². The van der Waals surface area contributed by atoms with Crippen LogP contribution in [0.2, 0.25) is 0 Å². The lowest BCUT2D eigenvalue weighted by atomic mass is 9.65. The second kappa shape index (κ2) is 3.86. The van der Waals surface area contributed by atoms with Gasteiger partial charge >= 0.3 is 0 Å². The number of fused-ring (bicyclic) bond motifs is 3. The zero-order chi connectivity index (χ0) is 11.1. The third kappa shape index (κ3) is 1.40. The fourth-order valence-electron chi connectivity index (χ4n) is 3.57. The number of hydrogen-bond acceptors (Lipinski definition) is 2. The van der Waals surface area contributed by atoms with E-state index in [1.807, 2.05) is 12.1 Å². The van der Waals surface area contributed by atoms with Crippen LogP contribution in [-0.4, -0.2) is 11.1 Å². The molecule has 1 saturated carbocycles. The third-order valence-electron chi connectivity index (χ3n) is 4.39. The van der Waals surface area contributed by atoms with Gasteiger partial charge in [-0.2, -0.15) is 0 Å². The predicted octanol–water partition coefficient (Wildman–Crippen LogP) is 2.33. The minimum atomic E-state index is -0.462. The summed E-state index contributed by atoms with van der Waals surface area (Å²) in [6.45, 7) is 0. The maximum absolute atomic E-state index is 10.2. The van der Waals surface area contributed by atoms with E-state index in [2.05, 4.69) is 12.1 Å². The first-order chi connectivity index (χ1) is 7.79. The topological polar surface area (TPSA) is 46.2 Å². The summed E-state index contributed by atoms with van der Waals surface area (Å²) in [6, 6.07) is 8.21. The quantitative estimate of drug-likeness (QED) is 0.700. The van der Waals surface area contributed by atoms with Crippen LogP contribution in [-0.2, 0) is 0 Å². The van der Waals surface area contributed by atoms with E-state index in [1.54, 1.807) is 0 Å². The van der Waals surface area contributed by atoms with Crippen LogP contribution < -0.4 is 5.73 Å². The fraction of sp³-hybridized carbons (Fsp3) is 0.571. The molecule has 1 aromatic carbocycles. The molecule has 2 aliphatic rings. The minimum absolute atomic E-state index is 0.0693. The van der Waals surface area contributed by atoms with Crippen LogP contribution >= 0.6 is 0 Å². The second-order valence-electron chi connectivity index (χ2n) is 5.21. The van der Waals surface area contributed by atoms with Gasteiger partial charge in [0, 0.05) is 6.04 Å². The van der Waals surface area contributed by atoms with Gasteiger partial charge in [0.1, 0.15) is 0 Å². The number of nitrogens with two attached hydrogens (primary N) is 1. The average molecular weight is 217 g/mol. The molecule has 0 unspecified atom stereocenters. The van der Waals surface area contributed by atoms with Gasteiger partial charge in [0.2, 0.25) is 0 Å². The molecule has 3 rings (SSSR count). The van der Waals surface area contributed by atoms with Crippen LogP contribution in [0.4, 0.5) is 0 Å². The van der Waals surface area contributed by atoms with Crippen molar-refractivity contribution in [2.24, 2.45) is 11.7 Å². The monoisotopic (exact) mass is 217 g/mol. The van der Waals surface area contributed by atoms with E-state index >= 15 is 0 Å². The molecule has 2 aliphatic carbocycles. The van der Waals surface area contributed by atoms with Gasteiger partial charge in [0.15, 0.2) is 0 Å². The highest BCUT2D eigenvalue weighted by Crippen LogP contribution is 2.47. The van der Waals surface area contributed by atoms with Gasteiger partial charge < -0.3 is 10.8 Å². The predicted molar refractivity (Wildman–Crippen MR) is 64.1 cm³/mol. The van der Waals surface area contributed by atoms with Gasteiger partial charge in [-0.05, 0) is 35.8 Å². The van der Waals surface area contributed by atoms with E-state index in [0.717, 1.165) is 5.56 Å². The van der Waals surface area contributed by atoms with E-state index in [4.69, 9.17) is 5.73 Å². The standard InChI is InChI=1S/C14H19NO/c15-13-11-7-3-1-5-9(11)10-6-2-4-8-12(10)14(13)16/h2,4,6,8-9,11,13-14,16H,1,3,5,7,15H2/t9-,11-,13+,14-/m1/s1. The molecule has 0 saturated heterocycles. The number of aliphatic hydroxyl groups excluding tert-OH is 1. The molecule has 2 heteroatoms. The molecule has 1 fully saturated rings. The van der Waals surface area contributed by atoms with Crippen molar-refractivity contribution in [3.63, 3.8) is 0 Å². The first-order valence-electron chi connectivity index (χ1n) is 6.31. The summed E-state index contributed by atoms with van der Waals surface area (Å²) in [5.74, 6) is 1.07. The summed E-state index contributed by atoms with van der Waals surface area (Å²) in [5, 5.41) is 10.2. The number of aliphatic hydroxyl groups is 1. The van der Waals surface area contributed by atoms with Gasteiger partial charge in [0.05, 0.1) is 6.10 Å². The van der Waals surface area contributed by atoms with Crippen LogP contribution in [0.15, 0.2) is 24.3 Å². The van der Waals surface area contributed by atoms with Crippen LogP contribution in [0.3, 0.4) is 0 Å². The van der Waals surface area contributed by atoms with Crippen LogP contribution in [0.25, 0.3) is 0 Å². The smallest absolute Gasteiger partial charge is 0.0946 e. The van der Waals surface area contributed by atoms with E-state index < -0.39 is 6.10 Å². The van der Waals surface area contributed by atoms with E-state index in [1.165, 1.54) is 31.2 Å². The molecule has 0 bridgehead atoms. The largest absolute Gasteiger partial charge is 0.387 e. The van der Waals surface area contributed by atoms with Crippen LogP contribution in [0.1, 0.15) is 48.8 Å². The minimum Gasteiger partial charge on any atom is -0.387 e. The Hall–Kier alpha value is -0.860. The Morgan fingerprint density at radius 2 is 1.75 bits per heavy atom. The van der Waals surface area contributed by atoms with Crippen molar-refractivity contribution in [1.29, 1.82) is 0 Å². The Bertz CT molecular complexity index is 390. The van der Waals surface area contributed by atoms with Gasteiger partial charge in [-0.3, -0.25) is 0 Å². The van der Waals surface area contributed by atoms with Gasteiger partial charge in [-0.25, -0.2) is 0 Å². The Morgan fingerprint density at radius 1 is 1.06 bits per heavy atom. The highest BCUT2D eigenvalue weighted by atomic mass is 16.3. The van der Waals surface area contributed by atoms with Gasteiger partial charge in [0.25, 0.3) is 0 Å². The molecule has 0 amide bonds. The Labute approximate surface area is 96.5 Å². The Morgan fingerprint density at radius 3 is 2.56 bits per heavy atom. The molecule has 0 heterocycles. The lowest BCUT2D eigenvalue weighted by molar-refractivity contribution is 0.0785. The Kier molecular flexibility index (Phi) is 2.49. The molecular formula is C14H19NO. The van der Waals surface area contributed by atoms with Crippen molar-refractivity contribution in [3.8, 4) is 0 Å². The number of rotatable bonds is 0. The second-order valence-corrected chi connectivity index (χ2v) is 5.21. The summed E-state index contributed by atoms with van der Waals surface area (Å²) in [6.07, 6.45) is 4.53. The summed E-state index contributed by atoms with van der Waals surface area (Å²) < 4.78 is 0. The van der Waals surface area contributed by atoms with Crippen molar-refractivity contribution < 1.29 is 5.11 Å². The van der Waals surface area contributed by atoms with Crippen molar-refractivity contribution in [1.82, 2.24) is 0 Å². The highest BCUT2D eigenvalue weighted by molar-refractivity contribution is 5.37. The van der Waals surface area contributed by atoms with Crippen LogP contribution in [0.5, 0.6) is 0 Å². The van der Waals surface area contributed by atoms with Crippen molar-refractivity contribution in [2.45, 2.75) is 43.7 Å². The first-order valence-corrected chi connectivity index (χ1v) is 6.31. The molecule has 0 spiro atoms. The molecule has 86 valence electrons. The molecule has 3 N–H and O–H groups in total. The summed E-state index contributed by atoms with van der Waals surface area (Å²) >= 11 is 0. The molecule has 0 aliphatic heterocycles. The molecule has 0 aromatic heterocycles. The molecular weight excluding hydrogens is 198 g/mol. The molecule has 4 atom stereocenters. The van der Waals surface area contributed by atoms with Crippen LogP contribution in [0, 0.1) is 5.92 Å². The number of benzene rings is 1. The normalized spacial score (nSPS) is 37.6. The maximum Gasteiger partial charge on any atom is 0.0946 e. The van der Waals surface area contributed by atoms with E-state index in [-0.39, 0.29) is 6.04 Å². The molecule has 1 aromatic rings. The summed E-state index contributed by atoms with van der Waals surface area (Å²) in [5.41, 5.74) is 8.61. The van der Waals surface area contributed by atoms with E-state index in [0.29, 0.717) is 11.8 Å². The van der Waals surface area contributed by atoms with Crippen molar-refractivity contribution in [2.75, 3.05) is 0 Å². The zero-order valence-corrected chi connectivity index (χ0v) is 9.47. The SMILES string of the molecule is N[C@H]1[C@@H]2CCCC[C@@H]2c2ccccc2[C@H]1O. The Balaban J connectivity index is 2.07. The zero-order valence-electron chi connectivity index (χ0n) is 9.47. The molecule has 16 heavy (non-hydrogen) atoms. The first kappa shape index (κ1) is 10.3. The van der Waals surface area contributed by atoms with Crippen molar-refractivity contribution >= 4 is 0 Å². The maximum atomic E-state index is 10.2. The highest BCUT2D eigenvalue weighted by Gasteiger charge is 2.40. The summed E-state index contributed by atoms with van der Waals surface area (Å²) in [7, 11) is 0.